The van der Waals surface area contributed by atoms with E-state index in [2.05, 4.69) is 5.32 Å². The van der Waals surface area contributed by atoms with Gasteiger partial charge in [-0.05, 0) is 26.7 Å². The fraction of sp³-hybridized carbons (Fsp3) is 0.833. The fourth-order valence-electron chi connectivity index (χ4n) is 2.12. The molecule has 0 aromatic rings. The van der Waals surface area contributed by atoms with E-state index in [0.717, 1.165) is 12.8 Å². The van der Waals surface area contributed by atoms with Gasteiger partial charge in [0, 0.05) is 31.7 Å². The molecule has 0 aromatic heterocycles. The van der Waals surface area contributed by atoms with Gasteiger partial charge in [0.05, 0.1) is 0 Å². The van der Waals surface area contributed by atoms with Crippen molar-refractivity contribution in [3.05, 3.63) is 0 Å². The average molecular weight is 255 g/mol. The van der Waals surface area contributed by atoms with Gasteiger partial charge in [-0.15, -0.1) is 0 Å². The van der Waals surface area contributed by atoms with Gasteiger partial charge in [0.25, 0.3) is 0 Å². The van der Waals surface area contributed by atoms with E-state index >= 15 is 0 Å². The van der Waals surface area contributed by atoms with Crippen LogP contribution in [0.3, 0.4) is 0 Å². The van der Waals surface area contributed by atoms with Crippen LogP contribution in [0.5, 0.6) is 0 Å². The van der Waals surface area contributed by atoms with Crippen LogP contribution in [0, 0.1) is 0 Å². The van der Waals surface area contributed by atoms with Crippen LogP contribution in [0.25, 0.3) is 0 Å². The molecule has 1 saturated carbocycles. The molecule has 18 heavy (non-hydrogen) atoms. The number of hydrogen-bond acceptors (Lipinski definition) is 3. The third-order valence-corrected chi connectivity index (χ3v) is 3.92. The van der Waals surface area contributed by atoms with Crippen molar-refractivity contribution in [3.8, 4) is 0 Å². The minimum Gasteiger partial charge on any atom is -0.480 e. The summed E-state index contributed by atoms with van der Waals surface area (Å²) < 4.78 is 0. The highest BCUT2D eigenvalue weighted by Crippen LogP contribution is 2.34. The van der Waals surface area contributed by atoms with E-state index in [4.69, 9.17) is 5.11 Å². The fourth-order valence-corrected chi connectivity index (χ4v) is 2.12. The van der Waals surface area contributed by atoms with Gasteiger partial charge in [0.1, 0.15) is 6.04 Å². The summed E-state index contributed by atoms with van der Waals surface area (Å²) in [6, 6.07) is -0.492. The molecule has 2 amide bonds. The Kier molecular flexibility index (Phi) is 3.47. The number of nitrogens with zero attached hydrogens (tertiary/aromatic N) is 2. The number of piperazine rings is 1. The van der Waals surface area contributed by atoms with Gasteiger partial charge in [-0.2, -0.15) is 0 Å². The second-order valence-corrected chi connectivity index (χ2v) is 5.53. The molecule has 102 valence electrons. The molecule has 2 aliphatic rings. The molecule has 2 fully saturated rings. The maximum absolute atomic E-state index is 11.9. The lowest BCUT2D eigenvalue weighted by Crippen LogP contribution is -2.56. The molecular formula is C12H21N3O3. The lowest BCUT2D eigenvalue weighted by atomic mass is 10.2. The molecule has 0 radical (unpaired) electrons. The van der Waals surface area contributed by atoms with Crippen molar-refractivity contribution in [1.29, 1.82) is 0 Å². The van der Waals surface area contributed by atoms with Crippen LogP contribution in [0.15, 0.2) is 0 Å². The average Bonchev–Trinajstić information content (AvgIpc) is 3.06. The molecule has 1 atom stereocenters. The summed E-state index contributed by atoms with van der Waals surface area (Å²) in [6.45, 7) is 6.17. The number of urea groups is 1. The van der Waals surface area contributed by atoms with Gasteiger partial charge < -0.3 is 15.3 Å². The summed E-state index contributed by atoms with van der Waals surface area (Å²) in [5, 5.41) is 12.0. The number of aliphatic carboxylic acids is 1. The summed E-state index contributed by atoms with van der Waals surface area (Å²) >= 11 is 0. The van der Waals surface area contributed by atoms with E-state index in [9.17, 15) is 9.59 Å². The Morgan fingerprint density at radius 2 is 1.78 bits per heavy atom. The number of nitrogens with one attached hydrogen (secondary N) is 1. The molecule has 1 heterocycles. The molecule has 0 bridgehead atoms. The number of hydrogen-bond donors (Lipinski definition) is 2. The van der Waals surface area contributed by atoms with Gasteiger partial charge in [-0.1, -0.05) is 0 Å². The first-order chi connectivity index (χ1) is 8.41. The van der Waals surface area contributed by atoms with Crippen LogP contribution in [0.4, 0.5) is 4.79 Å². The van der Waals surface area contributed by atoms with Gasteiger partial charge in [-0.3, -0.25) is 9.69 Å². The topological polar surface area (TPSA) is 72.9 Å². The van der Waals surface area contributed by atoms with Crippen molar-refractivity contribution in [1.82, 2.24) is 15.1 Å². The Labute approximate surface area is 107 Å². The van der Waals surface area contributed by atoms with Gasteiger partial charge in [0.2, 0.25) is 0 Å². The van der Waals surface area contributed by atoms with Crippen LogP contribution in [-0.4, -0.2) is 64.7 Å². The Hall–Kier alpha value is -1.30. The van der Waals surface area contributed by atoms with Crippen LogP contribution in [0.2, 0.25) is 0 Å². The molecule has 2 N–H and O–H groups in total. The maximum atomic E-state index is 11.9. The molecule has 6 nitrogen and oxygen atoms in total. The summed E-state index contributed by atoms with van der Waals surface area (Å²) in [5.41, 5.74) is 0.00255. The molecule has 1 aliphatic heterocycles. The molecule has 0 aromatic carbocycles. The molecule has 0 spiro atoms. The number of amides is 2. The number of carbonyl (C=O) groups is 2. The molecule has 6 heteroatoms. The van der Waals surface area contributed by atoms with Gasteiger partial charge in [-0.25, -0.2) is 4.79 Å². The Bertz CT molecular complexity index is 346. The predicted octanol–water partition coefficient (Wildman–Crippen LogP) is 0.339. The zero-order valence-electron chi connectivity index (χ0n) is 11.0. The lowest BCUT2D eigenvalue weighted by Gasteiger charge is -2.37. The molecule has 1 unspecified atom stereocenters. The van der Waals surface area contributed by atoms with Crippen molar-refractivity contribution in [2.75, 3.05) is 26.2 Å². The van der Waals surface area contributed by atoms with Crippen LogP contribution < -0.4 is 5.32 Å². The summed E-state index contributed by atoms with van der Waals surface area (Å²) in [6.07, 6.45) is 2.10. The first-order valence-corrected chi connectivity index (χ1v) is 6.45. The third kappa shape index (κ3) is 2.93. The highest BCUT2D eigenvalue weighted by atomic mass is 16.4. The van der Waals surface area contributed by atoms with E-state index in [-0.39, 0.29) is 11.6 Å². The Morgan fingerprint density at radius 3 is 2.22 bits per heavy atom. The first kappa shape index (κ1) is 13.1. The third-order valence-electron chi connectivity index (χ3n) is 3.92. The van der Waals surface area contributed by atoms with E-state index in [1.807, 2.05) is 11.8 Å². The van der Waals surface area contributed by atoms with Crippen molar-refractivity contribution in [2.24, 2.45) is 0 Å². The molecular weight excluding hydrogens is 234 g/mol. The minimum atomic E-state index is -0.807. The smallest absolute Gasteiger partial charge is 0.320 e. The largest absolute Gasteiger partial charge is 0.480 e. The monoisotopic (exact) mass is 255 g/mol. The molecule has 1 aliphatic carbocycles. The summed E-state index contributed by atoms with van der Waals surface area (Å²) in [7, 11) is 0. The number of carbonyl (C=O) groups excluding carboxylic acids is 1. The zero-order valence-corrected chi connectivity index (χ0v) is 11.0. The highest BCUT2D eigenvalue weighted by Gasteiger charge is 2.40. The Balaban J connectivity index is 1.79. The normalized spacial score (nSPS) is 24.4. The van der Waals surface area contributed by atoms with Crippen LogP contribution in [-0.2, 0) is 4.79 Å². The molecule has 2 rings (SSSR count). The van der Waals surface area contributed by atoms with Gasteiger partial charge >= 0.3 is 12.0 Å². The van der Waals surface area contributed by atoms with Crippen molar-refractivity contribution < 1.29 is 14.7 Å². The summed E-state index contributed by atoms with van der Waals surface area (Å²) in [5.74, 6) is -0.807. The van der Waals surface area contributed by atoms with Crippen molar-refractivity contribution in [3.63, 3.8) is 0 Å². The number of rotatable bonds is 3. The Morgan fingerprint density at radius 1 is 1.22 bits per heavy atom. The minimum absolute atomic E-state index is 0.00255. The number of carboxylic acid groups (broad SMARTS) is 1. The molecule has 1 saturated heterocycles. The second-order valence-electron chi connectivity index (χ2n) is 5.53. The number of carboxylic acids is 1. The second kappa shape index (κ2) is 4.76. The summed E-state index contributed by atoms with van der Waals surface area (Å²) in [4.78, 5) is 26.5. The quantitative estimate of drug-likeness (QED) is 0.762. The van der Waals surface area contributed by atoms with E-state index in [1.54, 1.807) is 11.8 Å². The predicted molar refractivity (Wildman–Crippen MR) is 66.4 cm³/mol. The first-order valence-electron chi connectivity index (χ1n) is 6.45. The SMILES string of the molecule is CC(C(=O)O)N1CCN(C(=O)NC2(C)CC2)CC1. The highest BCUT2D eigenvalue weighted by molar-refractivity contribution is 5.76. The lowest BCUT2D eigenvalue weighted by molar-refractivity contribution is -0.143. The maximum Gasteiger partial charge on any atom is 0.320 e. The van der Waals surface area contributed by atoms with E-state index in [1.165, 1.54) is 0 Å². The van der Waals surface area contributed by atoms with E-state index < -0.39 is 12.0 Å². The zero-order chi connectivity index (χ0) is 13.3. The van der Waals surface area contributed by atoms with Gasteiger partial charge in [0.15, 0.2) is 0 Å². The van der Waals surface area contributed by atoms with Crippen molar-refractivity contribution >= 4 is 12.0 Å². The standard InChI is InChI=1S/C12H21N3O3/c1-9(10(16)17)14-5-7-15(8-6-14)11(18)13-12(2)3-4-12/h9H,3-8H2,1-2H3,(H,13,18)(H,16,17). The van der Waals surface area contributed by atoms with E-state index in [0.29, 0.717) is 26.2 Å². The van der Waals surface area contributed by atoms with Crippen molar-refractivity contribution in [2.45, 2.75) is 38.3 Å². The van der Waals surface area contributed by atoms with Crippen LogP contribution >= 0.6 is 0 Å². The van der Waals surface area contributed by atoms with Crippen LogP contribution in [0.1, 0.15) is 26.7 Å².